The van der Waals surface area contributed by atoms with E-state index in [9.17, 15) is 0 Å². The van der Waals surface area contributed by atoms with Crippen LogP contribution in [0.15, 0.2) is 170 Å². The molecule has 0 saturated carbocycles. The van der Waals surface area contributed by atoms with Crippen LogP contribution in [0.4, 0.5) is 17.1 Å². The van der Waals surface area contributed by atoms with Crippen LogP contribution in [0.1, 0.15) is 0 Å². The summed E-state index contributed by atoms with van der Waals surface area (Å²) in [5, 5.41) is 0. The van der Waals surface area contributed by atoms with Crippen LogP contribution in [-0.4, -0.2) is 24.5 Å². The van der Waals surface area contributed by atoms with Crippen molar-refractivity contribution in [3.63, 3.8) is 0 Å². The fraction of sp³-hybridized carbons (Fsp3) is 0. The van der Waals surface area contributed by atoms with Gasteiger partial charge in [-0.25, -0.2) is 15.0 Å². The molecule has 0 bridgehead atoms. The fourth-order valence-electron chi connectivity index (χ4n) is 5.87. The number of hydrogen-bond donors (Lipinski definition) is 0. The minimum atomic E-state index is 0.645. The quantitative estimate of drug-likeness (QED) is 0.184. The molecule has 0 saturated heterocycles. The van der Waals surface area contributed by atoms with Gasteiger partial charge in [0.25, 0.3) is 0 Å². The summed E-state index contributed by atoms with van der Waals surface area (Å²) < 4.78 is 2.09. The zero-order chi connectivity index (χ0) is 30.7. The number of fused-ring (bicyclic) bond motifs is 1. The van der Waals surface area contributed by atoms with Gasteiger partial charge in [0.1, 0.15) is 11.6 Å². The molecular formula is C40H28N6. The monoisotopic (exact) mass is 592 g/mol. The lowest BCUT2D eigenvalue weighted by molar-refractivity contribution is 1.03. The van der Waals surface area contributed by atoms with Crippen molar-refractivity contribution in [2.24, 2.45) is 0 Å². The molecule has 4 aromatic heterocycles. The lowest BCUT2D eigenvalue weighted by Gasteiger charge is -2.28. The molecule has 0 radical (unpaired) electrons. The summed E-state index contributed by atoms with van der Waals surface area (Å²) in [6.07, 6.45) is 5.53. The Balaban J connectivity index is 1.38. The Kier molecular flexibility index (Phi) is 7.05. The van der Waals surface area contributed by atoms with Gasteiger partial charge in [0.15, 0.2) is 5.65 Å². The number of pyridine rings is 3. The predicted octanol–water partition coefficient (Wildman–Crippen LogP) is 9.68. The molecule has 0 unspecified atom stereocenters. The largest absolute Gasteiger partial charge is 0.308 e. The molecule has 0 aliphatic rings. The molecule has 4 aromatic carbocycles. The first-order chi connectivity index (χ1) is 22.8. The van der Waals surface area contributed by atoms with Gasteiger partial charge < -0.3 is 4.90 Å². The Morgan fingerprint density at radius 2 is 1.20 bits per heavy atom. The van der Waals surface area contributed by atoms with E-state index in [0.29, 0.717) is 5.65 Å². The number of hydrogen-bond acceptors (Lipinski definition) is 5. The molecule has 218 valence electrons. The van der Waals surface area contributed by atoms with Crippen LogP contribution in [0, 0.1) is 0 Å². The van der Waals surface area contributed by atoms with E-state index >= 15 is 0 Å². The number of anilines is 3. The van der Waals surface area contributed by atoms with E-state index in [0.717, 1.165) is 62.2 Å². The highest BCUT2D eigenvalue weighted by Crippen LogP contribution is 2.42. The average molecular weight is 593 g/mol. The van der Waals surface area contributed by atoms with Crippen LogP contribution >= 0.6 is 0 Å². The van der Waals surface area contributed by atoms with E-state index < -0.39 is 0 Å². The molecule has 6 heteroatoms. The number of nitrogens with zero attached hydrogens (tertiary/aromatic N) is 6. The van der Waals surface area contributed by atoms with Gasteiger partial charge >= 0.3 is 0 Å². The third-order valence-electron chi connectivity index (χ3n) is 7.96. The summed E-state index contributed by atoms with van der Waals surface area (Å²) in [5.41, 5.74) is 9.57. The summed E-state index contributed by atoms with van der Waals surface area (Å²) in [6, 6.07) is 51.7. The fourth-order valence-corrected chi connectivity index (χ4v) is 5.87. The Morgan fingerprint density at radius 1 is 0.500 bits per heavy atom. The molecule has 0 amide bonds. The van der Waals surface area contributed by atoms with Crippen LogP contribution in [0.25, 0.3) is 50.8 Å². The van der Waals surface area contributed by atoms with Crippen molar-refractivity contribution < 1.29 is 0 Å². The SMILES string of the molecule is c1ccc(-c2ccccc2N(c2cccc(-c3ccccn3)c2)c2cnc3nc(-c4ccccc4)n(-c4ccccn4)c3c2)cc1. The molecule has 0 atom stereocenters. The van der Waals surface area contributed by atoms with Gasteiger partial charge in [0.2, 0.25) is 0 Å². The van der Waals surface area contributed by atoms with E-state index in [1.807, 2.05) is 73.1 Å². The molecule has 0 N–H and O–H groups in total. The van der Waals surface area contributed by atoms with Gasteiger partial charge in [-0.15, -0.1) is 0 Å². The summed E-state index contributed by atoms with van der Waals surface area (Å²) in [7, 11) is 0. The van der Waals surface area contributed by atoms with E-state index in [4.69, 9.17) is 15.0 Å². The van der Waals surface area contributed by atoms with Gasteiger partial charge in [-0.05, 0) is 54.1 Å². The Hall–Kier alpha value is -6.40. The maximum Gasteiger partial charge on any atom is 0.178 e. The van der Waals surface area contributed by atoms with E-state index in [-0.39, 0.29) is 0 Å². The maximum atomic E-state index is 5.01. The second-order valence-corrected chi connectivity index (χ2v) is 10.8. The first-order valence-electron chi connectivity index (χ1n) is 15.1. The van der Waals surface area contributed by atoms with Crippen molar-refractivity contribution in [3.05, 3.63) is 170 Å². The topological polar surface area (TPSA) is 59.7 Å². The van der Waals surface area contributed by atoms with Crippen LogP contribution < -0.4 is 4.90 Å². The van der Waals surface area contributed by atoms with Crippen molar-refractivity contribution in [3.8, 4) is 39.6 Å². The highest BCUT2D eigenvalue weighted by Gasteiger charge is 2.22. The minimum absolute atomic E-state index is 0.645. The molecular weight excluding hydrogens is 564 g/mol. The molecule has 0 fully saturated rings. The van der Waals surface area contributed by atoms with E-state index in [1.54, 1.807) is 6.20 Å². The zero-order valence-corrected chi connectivity index (χ0v) is 24.8. The predicted molar refractivity (Wildman–Crippen MR) is 185 cm³/mol. The summed E-state index contributed by atoms with van der Waals surface area (Å²) in [5.74, 6) is 1.56. The highest BCUT2D eigenvalue weighted by atomic mass is 15.2. The van der Waals surface area contributed by atoms with Gasteiger partial charge in [-0.3, -0.25) is 9.55 Å². The van der Waals surface area contributed by atoms with Gasteiger partial charge in [-0.2, -0.15) is 0 Å². The van der Waals surface area contributed by atoms with Crippen LogP contribution in [0.5, 0.6) is 0 Å². The number of benzene rings is 4. The Bertz CT molecular complexity index is 2250. The molecule has 0 aliphatic carbocycles. The highest BCUT2D eigenvalue weighted by molar-refractivity contribution is 5.91. The molecule has 46 heavy (non-hydrogen) atoms. The molecule has 4 heterocycles. The van der Waals surface area contributed by atoms with Crippen molar-refractivity contribution in [1.82, 2.24) is 24.5 Å². The number of aromatic nitrogens is 5. The molecule has 0 aliphatic heterocycles. The Labute approximate surface area is 267 Å². The van der Waals surface area contributed by atoms with Crippen LogP contribution in [0.2, 0.25) is 0 Å². The van der Waals surface area contributed by atoms with Gasteiger partial charge in [0.05, 0.1) is 28.8 Å². The summed E-state index contributed by atoms with van der Waals surface area (Å²) in [6.45, 7) is 0. The molecule has 8 aromatic rings. The van der Waals surface area contributed by atoms with Crippen LogP contribution in [0.3, 0.4) is 0 Å². The maximum absolute atomic E-state index is 5.01. The molecule has 6 nitrogen and oxygen atoms in total. The number of para-hydroxylation sites is 1. The van der Waals surface area contributed by atoms with Gasteiger partial charge in [-0.1, -0.05) is 103 Å². The molecule has 8 rings (SSSR count). The van der Waals surface area contributed by atoms with E-state index in [1.165, 1.54) is 0 Å². The van der Waals surface area contributed by atoms with Crippen molar-refractivity contribution in [2.75, 3.05) is 4.90 Å². The lowest BCUT2D eigenvalue weighted by atomic mass is 10.0. The molecule has 0 spiro atoms. The third kappa shape index (κ3) is 5.08. The second kappa shape index (κ2) is 11.9. The third-order valence-corrected chi connectivity index (χ3v) is 7.96. The van der Waals surface area contributed by atoms with Crippen molar-refractivity contribution in [1.29, 1.82) is 0 Å². The minimum Gasteiger partial charge on any atom is -0.308 e. The smallest absolute Gasteiger partial charge is 0.178 e. The van der Waals surface area contributed by atoms with Gasteiger partial charge in [0, 0.05) is 34.8 Å². The van der Waals surface area contributed by atoms with Crippen molar-refractivity contribution >= 4 is 28.2 Å². The standard InChI is InChI=1S/C40H28N6/c1-3-14-29(15-4-1)34-20-7-8-22-36(34)45(32-19-13-18-31(26-32)35-21-9-11-24-41-35)33-27-37-39(43-28-33)44-40(30-16-5-2-6-17-30)46(37)38-23-10-12-25-42-38/h1-28H. The van der Waals surface area contributed by atoms with Crippen molar-refractivity contribution in [2.45, 2.75) is 0 Å². The van der Waals surface area contributed by atoms with E-state index in [2.05, 4.69) is 105 Å². The van der Waals surface area contributed by atoms with Crippen LogP contribution in [-0.2, 0) is 0 Å². The zero-order valence-electron chi connectivity index (χ0n) is 24.8. The number of rotatable bonds is 7. The summed E-state index contributed by atoms with van der Waals surface area (Å²) >= 11 is 0. The lowest BCUT2D eigenvalue weighted by Crippen LogP contribution is -2.12. The first kappa shape index (κ1) is 27.2. The Morgan fingerprint density at radius 3 is 1.96 bits per heavy atom. The normalized spacial score (nSPS) is 11.0. The summed E-state index contributed by atoms with van der Waals surface area (Å²) in [4.78, 5) is 21.6. The first-order valence-corrected chi connectivity index (χ1v) is 15.1. The number of imidazole rings is 1. The average Bonchev–Trinajstić information content (AvgIpc) is 3.53. The second-order valence-electron chi connectivity index (χ2n) is 10.8.